The smallest absolute Gasteiger partial charge is 0.303 e. The van der Waals surface area contributed by atoms with Crippen LogP contribution in [0.1, 0.15) is 61.3 Å². The molecule has 1 aromatic heterocycles. The Balaban J connectivity index is 1.12. The highest BCUT2D eigenvalue weighted by atomic mass is 16.7. The summed E-state index contributed by atoms with van der Waals surface area (Å²) >= 11 is 0. The van der Waals surface area contributed by atoms with Crippen LogP contribution in [0.25, 0.3) is 0 Å². The van der Waals surface area contributed by atoms with E-state index in [4.69, 9.17) is 9.47 Å². The molecule has 3 aliphatic heterocycles. The molecule has 1 fully saturated rings. The van der Waals surface area contributed by atoms with Gasteiger partial charge in [-0.25, -0.2) is 4.98 Å². The second-order valence-corrected chi connectivity index (χ2v) is 9.83. The van der Waals surface area contributed by atoms with Crippen molar-refractivity contribution < 1.29 is 24.2 Å². The molecule has 4 heterocycles. The maximum atomic E-state index is 12.9. The van der Waals surface area contributed by atoms with Crippen molar-refractivity contribution in [2.24, 2.45) is 5.92 Å². The SMILES string of the molecule is O=C(O)CC(CCC1CCN(C(=O)Cc2ccc3c(n2)NCCC3)CC1)c1ccc2c(c1)OCO2. The van der Waals surface area contributed by atoms with Gasteiger partial charge in [0.1, 0.15) is 5.82 Å². The molecule has 0 spiro atoms. The standard InChI is InChI=1S/C27H33N3O5/c31-25(16-22-7-5-19-2-1-11-28-27(19)29-22)30-12-9-18(10-13-30)3-4-21(15-26(32)33)20-6-8-23-24(14-20)35-17-34-23/h5-8,14,18,21H,1-4,9-13,15-17H2,(H,28,29)(H,32,33). The number of pyridine rings is 1. The lowest BCUT2D eigenvalue weighted by atomic mass is 9.84. The summed E-state index contributed by atoms with van der Waals surface area (Å²) in [6, 6.07) is 9.81. The van der Waals surface area contributed by atoms with Crippen LogP contribution in [0.4, 0.5) is 5.82 Å². The number of carbonyl (C=O) groups excluding carboxylic acids is 1. The summed E-state index contributed by atoms with van der Waals surface area (Å²) in [5.41, 5.74) is 3.04. The summed E-state index contributed by atoms with van der Waals surface area (Å²) in [5, 5.41) is 12.8. The van der Waals surface area contributed by atoms with Crippen molar-refractivity contribution in [3.05, 3.63) is 47.2 Å². The molecule has 2 aromatic rings. The maximum Gasteiger partial charge on any atom is 0.303 e. The molecule has 1 aromatic carbocycles. The van der Waals surface area contributed by atoms with E-state index in [0.717, 1.165) is 75.2 Å². The van der Waals surface area contributed by atoms with Crippen LogP contribution in [0.2, 0.25) is 0 Å². The second kappa shape index (κ2) is 10.5. The van der Waals surface area contributed by atoms with Gasteiger partial charge in [-0.1, -0.05) is 12.1 Å². The molecule has 8 heteroatoms. The number of amides is 1. The van der Waals surface area contributed by atoms with E-state index in [0.29, 0.717) is 23.8 Å². The Kier molecular flexibility index (Phi) is 7.06. The molecule has 1 atom stereocenters. The fraction of sp³-hybridized carbons (Fsp3) is 0.519. The first kappa shape index (κ1) is 23.5. The number of aliphatic carboxylic acids is 1. The number of carbonyl (C=O) groups is 2. The summed E-state index contributed by atoms with van der Waals surface area (Å²) in [6.45, 7) is 2.65. The van der Waals surface area contributed by atoms with Crippen molar-refractivity contribution in [3.8, 4) is 11.5 Å². The van der Waals surface area contributed by atoms with Gasteiger partial charge < -0.3 is 24.8 Å². The van der Waals surface area contributed by atoms with Gasteiger partial charge in [0.15, 0.2) is 11.5 Å². The van der Waals surface area contributed by atoms with Gasteiger partial charge in [0, 0.05) is 19.6 Å². The fourth-order valence-corrected chi connectivity index (χ4v) is 5.41. The Morgan fingerprint density at radius 2 is 1.97 bits per heavy atom. The van der Waals surface area contributed by atoms with Crippen molar-refractivity contribution in [2.45, 2.75) is 57.3 Å². The molecule has 186 valence electrons. The van der Waals surface area contributed by atoms with Gasteiger partial charge in [-0.3, -0.25) is 9.59 Å². The van der Waals surface area contributed by atoms with Crippen molar-refractivity contribution >= 4 is 17.7 Å². The Morgan fingerprint density at radius 1 is 1.14 bits per heavy atom. The summed E-state index contributed by atoms with van der Waals surface area (Å²) in [5.74, 6) is 2.10. The molecule has 2 N–H and O–H groups in total. The highest BCUT2D eigenvalue weighted by Gasteiger charge is 2.26. The van der Waals surface area contributed by atoms with E-state index in [-0.39, 0.29) is 25.0 Å². The summed E-state index contributed by atoms with van der Waals surface area (Å²) in [7, 11) is 0. The molecule has 0 aliphatic carbocycles. The van der Waals surface area contributed by atoms with E-state index >= 15 is 0 Å². The number of aromatic nitrogens is 1. The Hall–Kier alpha value is -3.29. The van der Waals surface area contributed by atoms with E-state index in [1.807, 2.05) is 29.2 Å². The third-order valence-corrected chi connectivity index (χ3v) is 7.46. The topological polar surface area (TPSA) is 101 Å². The predicted octanol–water partition coefficient (Wildman–Crippen LogP) is 3.99. The lowest BCUT2D eigenvalue weighted by Gasteiger charge is -2.32. The Bertz CT molecular complexity index is 1080. The first-order chi connectivity index (χ1) is 17.0. The van der Waals surface area contributed by atoms with E-state index < -0.39 is 5.97 Å². The van der Waals surface area contributed by atoms with Crippen LogP contribution >= 0.6 is 0 Å². The number of nitrogens with one attached hydrogen (secondary N) is 1. The van der Waals surface area contributed by atoms with Crippen molar-refractivity contribution in [1.29, 1.82) is 0 Å². The van der Waals surface area contributed by atoms with E-state index in [9.17, 15) is 14.7 Å². The van der Waals surface area contributed by atoms with Crippen LogP contribution < -0.4 is 14.8 Å². The average molecular weight is 480 g/mol. The molecule has 0 radical (unpaired) electrons. The van der Waals surface area contributed by atoms with Crippen LogP contribution in [-0.2, 0) is 22.4 Å². The van der Waals surface area contributed by atoms with Crippen LogP contribution in [-0.4, -0.2) is 53.3 Å². The normalized spacial score (nSPS) is 18.0. The zero-order valence-electron chi connectivity index (χ0n) is 20.0. The lowest BCUT2D eigenvalue weighted by Crippen LogP contribution is -2.39. The first-order valence-electron chi connectivity index (χ1n) is 12.7. The quantitative estimate of drug-likeness (QED) is 0.590. The molecular weight excluding hydrogens is 446 g/mol. The number of carboxylic acid groups (broad SMARTS) is 1. The summed E-state index contributed by atoms with van der Waals surface area (Å²) < 4.78 is 10.9. The number of hydrogen-bond donors (Lipinski definition) is 2. The van der Waals surface area contributed by atoms with Crippen LogP contribution in [0.5, 0.6) is 11.5 Å². The molecule has 0 bridgehead atoms. The number of ether oxygens (including phenoxy) is 2. The minimum absolute atomic E-state index is 0.0645. The highest BCUT2D eigenvalue weighted by Crippen LogP contribution is 2.37. The van der Waals surface area contributed by atoms with Crippen LogP contribution in [0, 0.1) is 5.92 Å². The number of anilines is 1. The van der Waals surface area contributed by atoms with Crippen molar-refractivity contribution in [2.75, 3.05) is 31.7 Å². The van der Waals surface area contributed by atoms with Crippen LogP contribution in [0.3, 0.4) is 0 Å². The first-order valence-corrected chi connectivity index (χ1v) is 12.7. The lowest BCUT2D eigenvalue weighted by molar-refractivity contribution is -0.137. The predicted molar refractivity (Wildman–Crippen MR) is 131 cm³/mol. The number of nitrogens with zero attached hydrogens (tertiary/aromatic N) is 2. The molecule has 0 saturated carbocycles. The minimum atomic E-state index is -0.793. The van der Waals surface area contributed by atoms with Gasteiger partial charge in [-0.15, -0.1) is 0 Å². The van der Waals surface area contributed by atoms with E-state index in [2.05, 4.69) is 16.4 Å². The number of carboxylic acids is 1. The maximum absolute atomic E-state index is 12.9. The van der Waals surface area contributed by atoms with E-state index in [1.165, 1.54) is 5.56 Å². The number of fused-ring (bicyclic) bond motifs is 2. The number of rotatable bonds is 8. The molecular formula is C27H33N3O5. The van der Waals surface area contributed by atoms with Gasteiger partial charge in [-0.05, 0) is 79.7 Å². The van der Waals surface area contributed by atoms with Gasteiger partial charge in [-0.2, -0.15) is 0 Å². The molecule has 35 heavy (non-hydrogen) atoms. The summed E-state index contributed by atoms with van der Waals surface area (Å²) in [6.07, 6.45) is 6.25. The van der Waals surface area contributed by atoms with Gasteiger partial charge in [0.2, 0.25) is 12.7 Å². The molecule has 1 saturated heterocycles. The molecule has 8 nitrogen and oxygen atoms in total. The molecule has 3 aliphatic rings. The number of aryl methyl sites for hydroxylation is 1. The zero-order valence-corrected chi connectivity index (χ0v) is 20.0. The number of benzene rings is 1. The molecule has 5 rings (SSSR count). The Labute approximate surface area is 205 Å². The average Bonchev–Trinajstić information content (AvgIpc) is 3.34. The van der Waals surface area contributed by atoms with Gasteiger partial charge in [0.05, 0.1) is 18.5 Å². The van der Waals surface area contributed by atoms with E-state index in [1.54, 1.807) is 0 Å². The summed E-state index contributed by atoms with van der Waals surface area (Å²) in [4.78, 5) is 31.0. The largest absolute Gasteiger partial charge is 0.481 e. The number of piperidine rings is 1. The third-order valence-electron chi connectivity index (χ3n) is 7.46. The number of likely N-dealkylation sites (tertiary alicyclic amines) is 1. The monoisotopic (exact) mass is 479 g/mol. The second-order valence-electron chi connectivity index (χ2n) is 9.83. The van der Waals surface area contributed by atoms with Crippen molar-refractivity contribution in [3.63, 3.8) is 0 Å². The Morgan fingerprint density at radius 3 is 2.80 bits per heavy atom. The zero-order chi connectivity index (χ0) is 24.2. The highest BCUT2D eigenvalue weighted by molar-refractivity contribution is 5.78. The van der Waals surface area contributed by atoms with Gasteiger partial charge >= 0.3 is 5.97 Å². The minimum Gasteiger partial charge on any atom is -0.481 e. The van der Waals surface area contributed by atoms with Crippen molar-refractivity contribution in [1.82, 2.24) is 9.88 Å². The molecule has 1 amide bonds. The fourth-order valence-electron chi connectivity index (χ4n) is 5.41. The van der Waals surface area contributed by atoms with Gasteiger partial charge in [0.25, 0.3) is 0 Å². The molecule has 1 unspecified atom stereocenters. The van der Waals surface area contributed by atoms with Crippen LogP contribution in [0.15, 0.2) is 30.3 Å². The third kappa shape index (κ3) is 5.69. The number of hydrogen-bond acceptors (Lipinski definition) is 6.